The highest BCUT2D eigenvalue weighted by Gasteiger charge is 2.61. The summed E-state index contributed by atoms with van der Waals surface area (Å²) >= 11 is 1.51. The van der Waals surface area contributed by atoms with E-state index in [1.807, 2.05) is 42.7 Å². The summed E-state index contributed by atoms with van der Waals surface area (Å²) in [6.45, 7) is 6.82. The van der Waals surface area contributed by atoms with Crippen LogP contribution in [0.1, 0.15) is 82.4 Å². The lowest BCUT2D eigenvalue weighted by Gasteiger charge is -2.29. The molecule has 2 saturated carbocycles. The molecule has 1 saturated heterocycles. The number of sulfonamides is 1. The number of thiazole rings is 1. The van der Waals surface area contributed by atoms with Gasteiger partial charge in [-0.2, -0.15) is 0 Å². The average molecular weight is 750 g/mol. The lowest BCUT2D eigenvalue weighted by atomic mass is 9.96. The molecule has 12 nitrogen and oxygen atoms in total. The fraction of sp³-hybridized carbons (Fsp3) is 0.553. The first-order valence-electron chi connectivity index (χ1n) is 18.2. The number of aryl methyl sites for hydroxylation is 1. The number of amides is 3. The van der Waals surface area contributed by atoms with Crippen molar-refractivity contribution < 1.29 is 32.3 Å². The van der Waals surface area contributed by atoms with Crippen LogP contribution in [-0.4, -0.2) is 90.5 Å². The first-order chi connectivity index (χ1) is 24.8. The van der Waals surface area contributed by atoms with Gasteiger partial charge in [0.25, 0.3) is 0 Å². The van der Waals surface area contributed by atoms with Crippen LogP contribution in [-0.2, 0) is 24.4 Å². The number of carbonyl (C=O) groups excluding carboxylic acids is 3. The Bertz CT molecular complexity index is 2040. The van der Waals surface area contributed by atoms with Gasteiger partial charge in [-0.05, 0) is 69.4 Å². The van der Waals surface area contributed by atoms with Gasteiger partial charge < -0.3 is 19.3 Å². The largest absolute Gasteiger partial charge is 0.496 e. The van der Waals surface area contributed by atoms with Crippen LogP contribution in [0.2, 0.25) is 0 Å². The molecule has 3 aromatic rings. The minimum Gasteiger partial charge on any atom is -0.496 e. The molecule has 0 spiro atoms. The molecule has 3 amide bonds. The molecular formula is C38H47N5O7S2. The molecule has 278 valence electrons. The van der Waals surface area contributed by atoms with E-state index in [1.165, 1.54) is 11.3 Å². The quantitative estimate of drug-likeness (QED) is 0.301. The van der Waals surface area contributed by atoms with Gasteiger partial charge >= 0.3 is 0 Å². The van der Waals surface area contributed by atoms with Crippen molar-refractivity contribution in [3.63, 3.8) is 0 Å². The summed E-state index contributed by atoms with van der Waals surface area (Å²) in [7, 11) is -0.424. The third-order valence-corrected chi connectivity index (χ3v) is 13.7. The number of aromatic nitrogens is 2. The minimum atomic E-state index is -3.80. The van der Waals surface area contributed by atoms with Gasteiger partial charge in [0.1, 0.15) is 34.3 Å². The Morgan fingerprint density at radius 2 is 1.92 bits per heavy atom. The molecule has 2 aliphatic carbocycles. The number of hydrogen-bond acceptors (Lipinski definition) is 10. The van der Waals surface area contributed by atoms with Crippen molar-refractivity contribution in [2.24, 2.45) is 11.3 Å². The summed E-state index contributed by atoms with van der Waals surface area (Å²) < 4.78 is 40.3. The van der Waals surface area contributed by atoms with Gasteiger partial charge in [-0.25, -0.2) is 18.4 Å². The molecule has 14 heteroatoms. The van der Waals surface area contributed by atoms with Crippen molar-refractivity contribution in [2.45, 2.75) is 95.5 Å². The van der Waals surface area contributed by atoms with Gasteiger partial charge in [0.15, 0.2) is 0 Å². The van der Waals surface area contributed by atoms with Gasteiger partial charge in [-0.3, -0.25) is 19.1 Å². The zero-order valence-electron chi connectivity index (χ0n) is 30.4. The van der Waals surface area contributed by atoms with Crippen LogP contribution in [0.3, 0.4) is 0 Å². The van der Waals surface area contributed by atoms with Crippen LogP contribution in [0.25, 0.3) is 21.6 Å². The fourth-order valence-corrected chi connectivity index (χ4v) is 9.80. The molecule has 3 fully saturated rings. The number of nitrogens with zero attached hydrogens (tertiary/aromatic N) is 4. The highest BCUT2D eigenvalue weighted by molar-refractivity contribution is 7.90. The molecule has 52 heavy (non-hydrogen) atoms. The van der Waals surface area contributed by atoms with Crippen molar-refractivity contribution in [3.05, 3.63) is 47.0 Å². The lowest BCUT2D eigenvalue weighted by molar-refractivity contribution is -0.144. The number of carbonyl (C=O) groups is 3. The third-order valence-electron chi connectivity index (χ3n) is 11.0. The van der Waals surface area contributed by atoms with Gasteiger partial charge in [0.05, 0.1) is 35.5 Å². The standard InChI is InChI=1S/C38H47N5O7S2/c1-22(2)29-21-51-35(40-29)28-17-32(27-13-14-31(49-5)23(3)34(27)39-28)50-25-16-30-36(45)42(4)15-9-7-6-8-10-24-18-38(24,19-33(44)43(30)20-25)37(46)41-52(47,48)26-11-12-26/h8,10,13-14,17,21-22,24-26,30H,6-7,9,11-12,15-16,18-20H2,1-5H3,(H,41,46)/b10-8-/t24-,25+,30+,38-/m1/s1. The number of nitrogens with one attached hydrogen (secondary N) is 1. The van der Waals surface area contributed by atoms with Crippen LogP contribution >= 0.6 is 11.3 Å². The first-order valence-corrected chi connectivity index (χ1v) is 20.6. The Labute approximate surface area is 309 Å². The molecule has 2 aliphatic heterocycles. The maximum absolute atomic E-state index is 14.3. The molecule has 1 N–H and O–H groups in total. The summed E-state index contributed by atoms with van der Waals surface area (Å²) in [6.07, 6.45) is 7.32. The monoisotopic (exact) mass is 749 g/mol. The van der Waals surface area contributed by atoms with Gasteiger partial charge in [0, 0.05) is 48.8 Å². The number of pyridine rings is 1. The minimum absolute atomic E-state index is 0.130. The average Bonchev–Trinajstić information content (AvgIpc) is 3.98. The van der Waals surface area contributed by atoms with Crippen molar-refractivity contribution in [2.75, 3.05) is 27.2 Å². The number of rotatable bonds is 8. The number of methoxy groups -OCH3 is 1. The second kappa shape index (κ2) is 14.1. The predicted molar refractivity (Wildman–Crippen MR) is 199 cm³/mol. The first kappa shape index (κ1) is 36.3. The molecule has 4 heterocycles. The van der Waals surface area contributed by atoms with E-state index in [0.29, 0.717) is 48.5 Å². The zero-order chi connectivity index (χ0) is 36.9. The molecule has 4 atom stereocenters. The summed E-state index contributed by atoms with van der Waals surface area (Å²) in [5.74, 6) is 0.0661. The van der Waals surface area contributed by atoms with Crippen LogP contribution in [0.5, 0.6) is 11.5 Å². The molecule has 1 aromatic carbocycles. The molecule has 4 aliphatic rings. The normalized spacial score (nSPS) is 26.2. The Kier molecular flexibility index (Phi) is 9.83. The van der Waals surface area contributed by atoms with Crippen LogP contribution in [0, 0.1) is 18.3 Å². The number of allylic oxidation sites excluding steroid dienone is 2. The number of hydrogen-bond donors (Lipinski definition) is 1. The van der Waals surface area contributed by atoms with Crippen molar-refractivity contribution >= 4 is 50.0 Å². The van der Waals surface area contributed by atoms with Crippen molar-refractivity contribution in [1.82, 2.24) is 24.5 Å². The summed E-state index contributed by atoms with van der Waals surface area (Å²) in [6, 6.07) is 4.86. The maximum atomic E-state index is 14.3. The SMILES string of the molecule is COc1ccc2c(O[C@H]3C[C@H]4C(=O)N(C)CCCC/C=C\[C@@H]5C[C@@]5(C(=O)NS(=O)(=O)C5CC5)CC(=O)N4C3)cc(-c3nc(C(C)C)cs3)nc2c1C. The Hall–Kier alpha value is -4.04. The Morgan fingerprint density at radius 3 is 2.63 bits per heavy atom. The molecule has 7 rings (SSSR count). The van der Waals surface area contributed by atoms with Crippen LogP contribution in [0.4, 0.5) is 0 Å². The smallest absolute Gasteiger partial charge is 0.245 e. The topological polar surface area (TPSA) is 148 Å². The van der Waals surface area contributed by atoms with E-state index in [9.17, 15) is 22.8 Å². The molecule has 0 unspecified atom stereocenters. The van der Waals surface area contributed by atoms with E-state index in [4.69, 9.17) is 19.4 Å². The van der Waals surface area contributed by atoms with E-state index in [2.05, 4.69) is 18.6 Å². The highest BCUT2D eigenvalue weighted by atomic mass is 32.2. The number of likely N-dealkylation sites (N-methyl/N-ethyl adjacent to an activating group) is 1. The Morgan fingerprint density at radius 1 is 1.13 bits per heavy atom. The fourth-order valence-electron chi connectivity index (χ4n) is 7.48. The summed E-state index contributed by atoms with van der Waals surface area (Å²) in [5.41, 5.74) is 2.00. The lowest BCUT2D eigenvalue weighted by Crippen LogP contribution is -2.48. The van der Waals surface area contributed by atoms with Crippen LogP contribution in [0.15, 0.2) is 35.7 Å². The molecule has 0 radical (unpaired) electrons. The van der Waals surface area contributed by atoms with Crippen molar-refractivity contribution in [1.29, 1.82) is 0 Å². The van der Waals surface area contributed by atoms with E-state index in [0.717, 1.165) is 40.9 Å². The van der Waals surface area contributed by atoms with E-state index >= 15 is 0 Å². The van der Waals surface area contributed by atoms with Gasteiger partial charge in [-0.15, -0.1) is 11.3 Å². The zero-order valence-corrected chi connectivity index (χ0v) is 32.0. The summed E-state index contributed by atoms with van der Waals surface area (Å²) in [5, 5.41) is 3.00. The van der Waals surface area contributed by atoms with Crippen LogP contribution < -0.4 is 14.2 Å². The molecule has 2 aromatic heterocycles. The number of benzene rings is 1. The third kappa shape index (κ3) is 7.03. The predicted octanol–water partition coefficient (Wildman–Crippen LogP) is 5.35. The maximum Gasteiger partial charge on any atom is 0.245 e. The van der Waals surface area contributed by atoms with E-state index in [1.54, 1.807) is 24.0 Å². The highest BCUT2D eigenvalue weighted by Crippen LogP contribution is 2.57. The van der Waals surface area contributed by atoms with E-state index in [-0.39, 0.29) is 43.0 Å². The second-order valence-electron chi connectivity index (χ2n) is 15.1. The van der Waals surface area contributed by atoms with E-state index < -0.39 is 38.7 Å². The van der Waals surface area contributed by atoms with Crippen molar-refractivity contribution in [3.8, 4) is 22.2 Å². The molecule has 0 bridgehead atoms. The van der Waals surface area contributed by atoms with Gasteiger partial charge in [-0.1, -0.05) is 26.0 Å². The Balaban J connectivity index is 1.21. The van der Waals surface area contributed by atoms with Gasteiger partial charge in [0.2, 0.25) is 27.7 Å². The number of ether oxygens (including phenoxy) is 2. The summed E-state index contributed by atoms with van der Waals surface area (Å²) in [4.78, 5) is 55.1. The number of fused-ring (bicyclic) bond motifs is 3. The molecular weight excluding hydrogens is 703 g/mol. The second-order valence-corrected chi connectivity index (χ2v) is 17.9.